The number of amides is 1. The molecular weight excluding hydrogens is 288 g/mol. The molecular formula is C19H28N2O2. The van der Waals surface area contributed by atoms with Crippen molar-refractivity contribution in [1.82, 2.24) is 9.80 Å². The Bertz CT molecular complexity index is 523. The van der Waals surface area contributed by atoms with Gasteiger partial charge < -0.3 is 14.5 Å². The molecule has 1 spiro atoms. The van der Waals surface area contributed by atoms with Gasteiger partial charge in [-0.05, 0) is 42.7 Å². The summed E-state index contributed by atoms with van der Waals surface area (Å²) >= 11 is 0. The minimum Gasteiger partial charge on any atom is -0.453 e. The minimum absolute atomic E-state index is 0.178. The molecule has 1 unspecified atom stereocenters. The summed E-state index contributed by atoms with van der Waals surface area (Å²) in [7, 11) is 1.47. The number of carbonyl (C=O) groups excluding carboxylic acids is 1. The van der Waals surface area contributed by atoms with Gasteiger partial charge in [0.1, 0.15) is 0 Å². The van der Waals surface area contributed by atoms with Gasteiger partial charge in [0.2, 0.25) is 0 Å². The molecule has 2 aliphatic heterocycles. The van der Waals surface area contributed by atoms with E-state index in [1.807, 2.05) is 4.90 Å². The summed E-state index contributed by atoms with van der Waals surface area (Å²) < 4.78 is 4.87. The van der Waals surface area contributed by atoms with Crippen LogP contribution < -0.4 is 0 Å². The maximum atomic E-state index is 11.7. The third-order valence-corrected chi connectivity index (χ3v) is 5.69. The molecule has 0 N–H and O–H groups in total. The molecule has 2 heterocycles. The number of nitrogens with zero attached hydrogens (tertiary/aromatic N) is 2. The lowest BCUT2D eigenvalue weighted by molar-refractivity contribution is 0.0157. The van der Waals surface area contributed by atoms with Crippen LogP contribution in [0.5, 0.6) is 0 Å². The molecule has 0 aromatic heterocycles. The lowest BCUT2D eigenvalue weighted by Gasteiger charge is -2.50. The largest absolute Gasteiger partial charge is 0.453 e. The predicted molar refractivity (Wildman–Crippen MR) is 91.6 cm³/mol. The highest BCUT2D eigenvalue weighted by Gasteiger charge is 2.42. The van der Waals surface area contributed by atoms with Crippen LogP contribution in [0, 0.1) is 5.41 Å². The molecule has 1 atom stereocenters. The van der Waals surface area contributed by atoms with Gasteiger partial charge in [-0.15, -0.1) is 0 Å². The van der Waals surface area contributed by atoms with E-state index in [1.54, 1.807) is 0 Å². The van der Waals surface area contributed by atoms with Crippen LogP contribution in [0.4, 0.5) is 4.79 Å². The van der Waals surface area contributed by atoms with Crippen LogP contribution >= 0.6 is 0 Å². The normalized spacial score (nSPS) is 24.6. The van der Waals surface area contributed by atoms with Gasteiger partial charge in [0.25, 0.3) is 0 Å². The fraction of sp³-hybridized carbons (Fsp3) is 0.632. The van der Waals surface area contributed by atoms with Crippen LogP contribution in [0.15, 0.2) is 30.3 Å². The van der Waals surface area contributed by atoms with Crippen LogP contribution in [0.2, 0.25) is 0 Å². The van der Waals surface area contributed by atoms with Crippen molar-refractivity contribution in [1.29, 1.82) is 0 Å². The number of carbonyl (C=O) groups is 1. The lowest BCUT2D eigenvalue weighted by Crippen LogP contribution is -2.52. The Morgan fingerprint density at radius 2 is 1.96 bits per heavy atom. The SMILES string of the molecule is CCN1CC(c2ccccc2)CC2(CCN(C(=O)OC)CC2)C1. The molecule has 2 fully saturated rings. The van der Waals surface area contributed by atoms with Crippen LogP contribution in [0.3, 0.4) is 0 Å². The molecule has 0 aliphatic carbocycles. The average molecular weight is 316 g/mol. The fourth-order valence-corrected chi connectivity index (χ4v) is 4.35. The lowest BCUT2D eigenvalue weighted by atomic mass is 9.68. The molecule has 23 heavy (non-hydrogen) atoms. The number of hydrogen-bond acceptors (Lipinski definition) is 3. The number of likely N-dealkylation sites (tertiary alicyclic amines) is 2. The second-order valence-corrected chi connectivity index (χ2v) is 7.10. The molecule has 0 saturated carbocycles. The van der Waals surface area contributed by atoms with Gasteiger partial charge in [0.15, 0.2) is 0 Å². The van der Waals surface area contributed by atoms with Crippen molar-refractivity contribution in [3.8, 4) is 0 Å². The van der Waals surface area contributed by atoms with Crippen molar-refractivity contribution < 1.29 is 9.53 Å². The molecule has 1 aromatic carbocycles. The Labute approximate surface area is 139 Å². The van der Waals surface area contributed by atoms with Crippen LogP contribution in [0.25, 0.3) is 0 Å². The minimum atomic E-state index is -0.178. The number of methoxy groups -OCH3 is 1. The molecule has 3 rings (SSSR count). The van der Waals surface area contributed by atoms with Gasteiger partial charge in [0.05, 0.1) is 7.11 Å². The zero-order valence-electron chi connectivity index (χ0n) is 14.3. The fourth-order valence-electron chi connectivity index (χ4n) is 4.35. The van der Waals surface area contributed by atoms with E-state index in [2.05, 4.69) is 42.2 Å². The van der Waals surface area contributed by atoms with Crippen LogP contribution in [0.1, 0.15) is 37.7 Å². The van der Waals surface area contributed by atoms with E-state index in [0.717, 1.165) is 39.0 Å². The van der Waals surface area contributed by atoms with E-state index in [-0.39, 0.29) is 6.09 Å². The van der Waals surface area contributed by atoms with Crippen LogP contribution in [-0.2, 0) is 4.74 Å². The van der Waals surface area contributed by atoms with Crippen molar-refractivity contribution in [2.24, 2.45) is 5.41 Å². The first kappa shape index (κ1) is 16.3. The number of ether oxygens (including phenoxy) is 1. The zero-order chi connectivity index (χ0) is 16.3. The second-order valence-electron chi connectivity index (χ2n) is 7.10. The van der Waals surface area contributed by atoms with E-state index < -0.39 is 0 Å². The molecule has 2 aliphatic rings. The van der Waals surface area contributed by atoms with Gasteiger partial charge in [0, 0.05) is 26.2 Å². The highest BCUT2D eigenvalue weighted by Crippen LogP contribution is 2.45. The molecule has 0 bridgehead atoms. The second kappa shape index (κ2) is 6.91. The van der Waals surface area contributed by atoms with Gasteiger partial charge in [-0.25, -0.2) is 4.79 Å². The highest BCUT2D eigenvalue weighted by molar-refractivity contribution is 5.67. The van der Waals surface area contributed by atoms with E-state index >= 15 is 0 Å². The summed E-state index contributed by atoms with van der Waals surface area (Å²) in [6.07, 6.45) is 3.23. The smallest absolute Gasteiger partial charge is 0.409 e. The summed E-state index contributed by atoms with van der Waals surface area (Å²) in [5, 5.41) is 0. The first-order chi connectivity index (χ1) is 11.2. The van der Waals surface area contributed by atoms with E-state index in [4.69, 9.17) is 4.74 Å². The number of rotatable bonds is 2. The predicted octanol–water partition coefficient (Wildman–Crippen LogP) is 3.34. The summed E-state index contributed by atoms with van der Waals surface area (Å²) in [6, 6.07) is 10.9. The zero-order valence-corrected chi connectivity index (χ0v) is 14.3. The first-order valence-electron chi connectivity index (χ1n) is 8.76. The van der Waals surface area contributed by atoms with Crippen molar-refractivity contribution in [3.05, 3.63) is 35.9 Å². The third-order valence-electron chi connectivity index (χ3n) is 5.69. The standard InChI is InChI=1S/C19H28N2O2/c1-3-20-14-17(16-7-5-4-6-8-16)13-19(15-20)9-11-21(12-10-19)18(22)23-2/h4-8,17H,3,9-15H2,1-2H3. The quantitative estimate of drug-likeness (QED) is 0.839. The Morgan fingerprint density at radius 3 is 2.57 bits per heavy atom. The highest BCUT2D eigenvalue weighted by atomic mass is 16.5. The summed E-state index contributed by atoms with van der Waals surface area (Å²) in [5.41, 5.74) is 1.81. The monoisotopic (exact) mass is 316 g/mol. The van der Waals surface area contributed by atoms with Crippen molar-refractivity contribution in [3.63, 3.8) is 0 Å². The molecule has 126 valence electrons. The average Bonchev–Trinajstić information content (AvgIpc) is 2.62. The Hall–Kier alpha value is -1.55. The summed E-state index contributed by atoms with van der Waals surface area (Å²) in [5.74, 6) is 0.606. The topological polar surface area (TPSA) is 32.8 Å². The summed E-state index contributed by atoms with van der Waals surface area (Å²) in [4.78, 5) is 16.2. The van der Waals surface area contributed by atoms with Crippen molar-refractivity contribution in [2.75, 3.05) is 39.8 Å². The maximum Gasteiger partial charge on any atom is 0.409 e. The number of benzene rings is 1. The Morgan fingerprint density at radius 1 is 1.26 bits per heavy atom. The summed E-state index contributed by atoms with van der Waals surface area (Å²) in [6.45, 7) is 7.33. The maximum absolute atomic E-state index is 11.7. The van der Waals surface area contributed by atoms with E-state index in [1.165, 1.54) is 25.6 Å². The van der Waals surface area contributed by atoms with E-state index in [9.17, 15) is 4.79 Å². The number of piperidine rings is 2. The number of hydrogen-bond donors (Lipinski definition) is 0. The van der Waals surface area contributed by atoms with Crippen molar-refractivity contribution in [2.45, 2.75) is 32.1 Å². The molecule has 1 amide bonds. The van der Waals surface area contributed by atoms with Gasteiger partial charge >= 0.3 is 6.09 Å². The van der Waals surface area contributed by atoms with Crippen molar-refractivity contribution >= 4 is 6.09 Å². The van der Waals surface area contributed by atoms with Gasteiger partial charge in [-0.3, -0.25) is 0 Å². The number of likely N-dealkylation sites (N-methyl/N-ethyl adjacent to an activating group) is 1. The van der Waals surface area contributed by atoms with Gasteiger partial charge in [-0.2, -0.15) is 0 Å². The Balaban J connectivity index is 1.73. The Kier molecular flexibility index (Phi) is 4.90. The first-order valence-corrected chi connectivity index (χ1v) is 8.76. The molecule has 4 heteroatoms. The van der Waals surface area contributed by atoms with Crippen LogP contribution in [-0.4, -0.2) is 55.7 Å². The van der Waals surface area contributed by atoms with E-state index in [0.29, 0.717) is 11.3 Å². The van der Waals surface area contributed by atoms with Gasteiger partial charge in [-0.1, -0.05) is 37.3 Å². The molecule has 4 nitrogen and oxygen atoms in total. The molecule has 0 radical (unpaired) electrons. The third kappa shape index (κ3) is 3.52. The molecule has 1 aromatic rings. The molecule has 2 saturated heterocycles.